The first-order valence-corrected chi connectivity index (χ1v) is 2.37. The van der Waals surface area contributed by atoms with Crippen molar-refractivity contribution in [2.24, 2.45) is 0 Å². The van der Waals surface area contributed by atoms with Gasteiger partial charge in [-0.05, 0) is 12.1 Å². The molecule has 0 aliphatic heterocycles. The molecule has 1 rings (SSSR count). The summed E-state index contributed by atoms with van der Waals surface area (Å²) in [5, 5.41) is 0. The molecule has 0 saturated heterocycles. The second kappa shape index (κ2) is 3.86. The zero-order valence-corrected chi connectivity index (χ0v) is 5.16. The van der Waals surface area contributed by atoms with Gasteiger partial charge in [0.2, 0.25) is 0 Å². The summed E-state index contributed by atoms with van der Waals surface area (Å²) in [4.78, 5) is 3.81. The molecule has 0 aromatic carbocycles. The number of nitrogens with zero attached hydrogens (tertiary/aromatic N) is 1. The van der Waals surface area contributed by atoms with Crippen molar-refractivity contribution in [1.82, 2.24) is 4.98 Å². The number of hydrogen-bond acceptors (Lipinski definition) is 2. The minimum Gasteiger partial charge on any atom is -0.497 e. The molecule has 0 amide bonds. The Morgan fingerprint density at radius 2 is 1.89 bits per heavy atom. The summed E-state index contributed by atoms with van der Waals surface area (Å²) < 4.78 is 4.87. The normalized spacial score (nSPS) is 7.67. The molecule has 50 valence electrons. The van der Waals surface area contributed by atoms with Crippen molar-refractivity contribution in [2.75, 3.05) is 7.11 Å². The molecule has 3 heteroatoms. The van der Waals surface area contributed by atoms with Gasteiger partial charge in [0.25, 0.3) is 0 Å². The molecule has 0 aliphatic rings. The summed E-state index contributed by atoms with van der Waals surface area (Å²) in [7, 11) is 1.63. The van der Waals surface area contributed by atoms with Crippen LogP contribution in [0.3, 0.4) is 0 Å². The summed E-state index contributed by atoms with van der Waals surface area (Å²) in [6.45, 7) is 0. The van der Waals surface area contributed by atoms with Crippen LogP contribution in [-0.4, -0.2) is 17.6 Å². The van der Waals surface area contributed by atoms with Crippen LogP contribution in [0.15, 0.2) is 24.5 Å². The molecular weight excluding hydrogens is 118 g/mol. The number of ether oxygens (including phenoxy) is 1. The van der Waals surface area contributed by atoms with E-state index >= 15 is 0 Å². The van der Waals surface area contributed by atoms with Crippen LogP contribution in [0.25, 0.3) is 0 Å². The highest BCUT2D eigenvalue weighted by molar-refractivity contribution is 5.16. The quantitative estimate of drug-likeness (QED) is 0.543. The van der Waals surface area contributed by atoms with Crippen LogP contribution >= 0.6 is 0 Å². The van der Waals surface area contributed by atoms with E-state index in [1.54, 1.807) is 31.6 Å². The fourth-order valence-corrected chi connectivity index (χ4v) is 0.474. The molecule has 0 fully saturated rings. The number of hydrogen-bond donors (Lipinski definition) is 0. The van der Waals surface area contributed by atoms with Crippen LogP contribution in [0.1, 0.15) is 0 Å². The lowest BCUT2D eigenvalue weighted by Crippen LogP contribution is -1.80. The summed E-state index contributed by atoms with van der Waals surface area (Å²) in [5.74, 6) is 0.847. The van der Waals surface area contributed by atoms with Gasteiger partial charge in [-0.2, -0.15) is 0 Å². The van der Waals surface area contributed by atoms with Crippen molar-refractivity contribution in [1.29, 1.82) is 0 Å². The fourth-order valence-electron chi connectivity index (χ4n) is 0.474. The third-order valence-electron chi connectivity index (χ3n) is 0.885. The molecule has 0 unspecified atom stereocenters. The third-order valence-corrected chi connectivity index (χ3v) is 0.885. The van der Waals surface area contributed by atoms with Gasteiger partial charge in [0.05, 0.1) is 7.11 Å². The van der Waals surface area contributed by atoms with Gasteiger partial charge in [0.1, 0.15) is 5.75 Å². The van der Waals surface area contributed by atoms with Crippen molar-refractivity contribution < 1.29 is 10.2 Å². The van der Waals surface area contributed by atoms with E-state index in [0.29, 0.717) is 0 Å². The topological polar surface area (TPSA) is 53.6 Å². The number of rotatable bonds is 1. The van der Waals surface area contributed by atoms with Gasteiger partial charge in [-0.1, -0.05) is 0 Å². The second-order valence-corrected chi connectivity index (χ2v) is 1.39. The Morgan fingerprint density at radius 1 is 1.33 bits per heavy atom. The zero-order chi connectivity index (χ0) is 5.82. The Bertz CT molecular complexity index is 152. The molecule has 0 spiro atoms. The van der Waals surface area contributed by atoms with E-state index in [-0.39, 0.29) is 5.48 Å². The average molecular weight is 127 g/mol. The fraction of sp³-hybridized carbons (Fsp3) is 0.167. The van der Waals surface area contributed by atoms with Gasteiger partial charge >= 0.3 is 0 Å². The van der Waals surface area contributed by atoms with Crippen LogP contribution in [0, 0.1) is 0 Å². The van der Waals surface area contributed by atoms with Crippen molar-refractivity contribution in [2.45, 2.75) is 0 Å². The molecule has 0 aliphatic carbocycles. The van der Waals surface area contributed by atoms with E-state index in [1.807, 2.05) is 0 Å². The molecule has 9 heavy (non-hydrogen) atoms. The minimum atomic E-state index is 0. The molecule has 0 bridgehead atoms. The van der Waals surface area contributed by atoms with E-state index in [4.69, 9.17) is 4.74 Å². The number of methoxy groups -OCH3 is 1. The Labute approximate surface area is 53.6 Å². The molecule has 3 nitrogen and oxygen atoms in total. The summed E-state index contributed by atoms with van der Waals surface area (Å²) in [6.07, 6.45) is 3.39. The lowest BCUT2D eigenvalue weighted by molar-refractivity contribution is 0.414. The van der Waals surface area contributed by atoms with Crippen molar-refractivity contribution >= 4 is 0 Å². The molecular formula is C6H9NO2. The van der Waals surface area contributed by atoms with Crippen molar-refractivity contribution in [3.63, 3.8) is 0 Å². The molecule has 1 heterocycles. The van der Waals surface area contributed by atoms with Crippen molar-refractivity contribution in [3.05, 3.63) is 24.5 Å². The SMILES string of the molecule is COc1ccncc1.O. The molecule has 1 aromatic rings. The van der Waals surface area contributed by atoms with E-state index < -0.39 is 0 Å². The number of pyridine rings is 1. The summed E-state index contributed by atoms with van der Waals surface area (Å²) in [6, 6.07) is 3.61. The van der Waals surface area contributed by atoms with Crippen LogP contribution < -0.4 is 4.74 Å². The second-order valence-electron chi connectivity index (χ2n) is 1.39. The monoisotopic (exact) mass is 127 g/mol. The van der Waals surface area contributed by atoms with Gasteiger partial charge in [0.15, 0.2) is 0 Å². The molecule has 1 aromatic heterocycles. The minimum absolute atomic E-state index is 0. The van der Waals surface area contributed by atoms with E-state index in [0.717, 1.165) is 5.75 Å². The summed E-state index contributed by atoms with van der Waals surface area (Å²) >= 11 is 0. The highest BCUT2D eigenvalue weighted by Gasteiger charge is 1.81. The predicted molar refractivity (Wildman–Crippen MR) is 34.4 cm³/mol. The first-order valence-electron chi connectivity index (χ1n) is 2.37. The lowest BCUT2D eigenvalue weighted by Gasteiger charge is -1.93. The maximum absolute atomic E-state index is 4.87. The van der Waals surface area contributed by atoms with E-state index in [9.17, 15) is 0 Å². The molecule has 0 saturated carbocycles. The average Bonchev–Trinajstić information content (AvgIpc) is 1.90. The molecule has 2 N–H and O–H groups in total. The van der Waals surface area contributed by atoms with E-state index in [2.05, 4.69) is 4.98 Å². The van der Waals surface area contributed by atoms with Crippen molar-refractivity contribution in [3.8, 4) is 5.75 Å². The van der Waals surface area contributed by atoms with Gasteiger partial charge in [-0.3, -0.25) is 4.98 Å². The standard InChI is InChI=1S/C6H7NO.H2O/c1-8-6-2-4-7-5-3-6;/h2-5H,1H3;1H2. The predicted octanol–water partition coefficient (Wildman–Crippen LogP) is 0.265. The summed E-state index contributed by atoms with van der Waals surface area (Å²) in [5.41, 5.74) is 0. The third kappa shape index (κ3) is 2.10. The number of aromatic nitrogens is 1. The van der Waals surface area contributed by atoms with Crippen LogP contribution in [0.5, 0.6) is 5.75 Å². The first kappa shape index (κ1) is 7.91. The first-order chi connectivity index (χ1) is 3.93. The molecule has 0 atom stereocenters. The lowest BCUT2D eigenvalue weighted by atomic mass is 10.5. The van der Waals surface area contributed by atoms with E-state index in [1.165, 1.54) is 0 Å². The zero-order valence-electron chi connectivity index (χ0n) is 5.16. The Balaban J connectivity index is 0.000000640. The molecule has 0 radical (unpaired) electrons. The van der Waals surface area contributed by atoms with Crippen LogP contribution in [0.2, 0.25) is 0 Å². The van der Waals surface area contributed by atoms with Gasteiger partial charge in [0, 0.05) is 12.4 Å². The van der Waals surface area contributed by atoms with Crippen LogP contribution in [-0.2, 0) is 0 Å². The Morgan fingerprint density at radius 3 is 2.22 bits per heavy atom. The van der Waals surface area contributed by atoms with Gasteiger partial charge < -0.3 is 10.2 Å². The van der Waals surface area contributed by atoms with Gasteiger partial charge in [-0.15, -0.1) is 0 Å². The maximum Gasteiger partial charge on any atom is 0.121 e. The Kier molecular flexibility index (Phi) is 3.39. The highest BCUT2D eigenvalue weighted by atomic mass is 16.5. The van der Waals surface area contributed by atoms with Crippen LogP contribution in [0.4, 0.5) is 0 Å². The Hall–Kier alpha value is -1.09. The van der Waals surface area contributed by atoms with Gasteiger partial charge in [-0.25, -0.2) is 0 Å². The largest absolute Gasteiger partial charge is 0.497 e. The smallest absolute Gasteiger partial charge is 0.121 e. The highest BCUT2D eigenvalue weighted by Crippen LogP contribution is 2.03. The maximum atomic E-state index is 4.87.